The van der Waals surface area contributed by atoms with Crippen LogP contribution in [0, 0.1) is 6.92 Å². The Bertz CT molecular complexity index is 802. The minimum absolute atomic E-state index is 0.0781. The van der Waals surface area contributed by atoms with Crippen LogP contribution in [0.25, 0.3) is 10.9 Å². The van der Waals surface area contributed by atoms with Gasteiger partial charge in [-0.15, -0.1) is 0 Å². The van der Waals surface area contributed by atoms with E-state index in [1.807, 2.05) is 30.3 Å². The van der Waals surface area contributed by atoms with Gasteiger partial charge in [0.05, 0.1) is 5.52 Å². The summed E-state index contributed by atoms with van der Waals surface area (Å²) in [4.78, 5) is 15.1. The van der Waals surface area contributed by atoms with Crippen LogP contribution in [0.4, 0.5) is 0 Å². The zero-order chi connectivity index (χ0) is 14.8. The lowest BCUT2D eigenvalue weighted by molar-refractivity contribution is 0.0661. The zero-order valence-corrected chi connectivity index (χ0v) is 11.4. The van der Waals surface area contributed by atoms with Crippen LogP contribution >= 0.6 is 0 Å². The molecule has 0 spiro atoms. The smallest absolute Gasteiger partial charge is 0.371 e. The van der Waals surface area contributed by atoms with E-state index in [-0.39, 0.29) is 12.4 Å². The lowest BCUT2D eigenvalue weighted by Crippen LogP contribution is -1.97. The Kier molecular flexibility index (Phi) is 3.31. The Morgan fingerprint density at radius 3 is 2.95 bits per heavy atom. The number of aromatic nitrogens is 1. The van der Waals surface area contributed by atoms with Crippen molar-refractivity contribution < 1.29 is 19.1 Å². The minimum atomic E-state index is -1.08. The van der Waals surface area contributed by atoms with E-state index in [4.69, 9.17) is 14.3 Å². The van der Waals surface area contributed by atoms with E-state index >= 15 is 0 Å². The number of nitrogens with zero attached hydrogens (tertiary/aromatic N) is 1. The van der Waals surface area contributed by atoms with Crippen molar-refractivity contribution in [2.24, 2.45) is 0 Å². The summed E-state index contributed by atoms with van der Waals surface area (Å²) in [6, 6.07) is 10.9. The van der Waals surface area contributed by atoms with Crippen LogP contribution in [0.15, 0.2) is 47.0 Å². The molecule has 2 heterocycles. The van der Waals surface area contributed by atoms with Crippen LogP contribution in [0.1, 0.15) is 21.9 Å². The number of benzene rings is 1. The molecule has 0 amide bonds. The molecule has 0 aliphatic rings. The SMILES string of the molecule is Cc1oc(C(=O)O)cc1COc1cccc2ncccc12. The number of pyridine rings is 1. The Labute approximate surface area is 120 Å². The lowest BCUT2D eigenvalue weighted by Gasteiger charge is -2.08. The fraction of sp³-hybridized carbons (Fsp3) is 0.125. The van der Waals surface area contributed by atoms with Crippen LogP contribution < -0.4 is 4.74 Å². The van der Waals surface area contributed by atoms with Crippen molar-refractivity contribution in [2.45, 2.75) is 13.5 Å². The number of aromatic carboxylic acids is 1. The summed E-state index contributed by atoms with van der Waals surface area (Å²) < 4.78 is 10.9. The van der Waals surface area contributed by atoms with E-state index in [0.29, 0.717) is 17.1 Å². The second-order valence-electron chi connectivity index (χ2n) is 4.61. The fourth-order valence-electron chi connectivity index (χ4n) is 2.12. The molecule has 1 aromatic carbocycles. The fourth-order valence-corrected chi connectivity index (χ4v) is 2.12. The van der Waals surface area contributed by atoms with Gasteiger partial charge in [-0.3, -0.25) is 4.98 Å². The first-order valence-electron chi connectivity index (χ1n) is 6.44. The second kappa shape index (κ2) is 5.28. The van der Waals surface area contributed by atoms with Crippen LogP contribution in [-0.2, 0) is 6.61 Å². The Balaban J connectivity index is 1.85. The number of carboxylic acid groups (broad SMARTS) is 1. The number of carboxylic acids is 1. The van der Waals surface area contributed by atoms with E-state index in [1.165, 1.54) is 6.07 Å². The highest BCUT2D eigenvalue weighted by Gasteiger charge is 2.13. The van der Waals surface area contributed by atoms with Gasteiger partial charge in [0, 0.05) is 17.1 Å². The summed E-state index contributed by atoms with van der Waals surface area (Å²) in [5.41, 5.74) is 1.57. The number of fused-ring (bicyclic) bond motifs is 1. The lowest BCUT2D eigenvalue weighted by atomic mass is 10.2. The first-order chi connectivity index (χ1) is 10.1. The largest absolute Gasteiger partial charge is 0.488 e. The van der Waals surface area contributed by atoms with Gasteiger partial charge >= 0.3 is 5.97 Å². The van der Waals surface area contributed by atoms with Crippen molar-refractivity contribution in [3.63, 3.8) is 0 Å². The number of hydrogen-bond donors (Lipinski definition) is 1. The molecule has 0 bridgehead atoms. The number of furan rings is 1. The van der Waals surface area contributed by atoms with E-state index < -0.39 is 5.97 Å². The highest BCUT2D eigenvalue weighted by molar-refractivity contribution is 5.85. The molecular formula is C16H13NO4. The number of hydrogen-bond acceptors (Lipinski definition) is 4. The number of rotatable bonds is 4. The Hall–Kier alpha value is -2.82. The molecule has 0 radical (unpaired) electrons. The molecule has 21 heavy (non-hydrogen) atoms. The summed E-state index contributed by atoms with van der Waals surface area (Å²) in [5.74, 6) is 0.0910. The van der Waals surface area contributed by atoms with Crippen LogP contribution in [0.2, 0.25) is 0 Å². The summed E-state index contributed by atoms with van der Waals surface area (Å²) in [6.45, 7) is 1.96. The molecule has 0 unspecified atom stereocenters. The molecule has 3 rings (SSSR count). The van der Waals surface area contributed by atoms with Crippen molar-refractivity contribution in [1.29, 1.82) is 0 Å². The van der Waals surface area contributed by atoms with Gasteiger partial charge in [-0.25, -0.2) is 4.79 Å². The average molecular weight is 283 g/mol. The van der Waals surface area contributed by atoms with Gasteiger partial charge in [0.15, 0.2) is 0 Å². The molecule has 0 atom stereocenters. The number of ether oxygens (including phenoxy) is 1. The van der Waals surface area contributed by atoms with Crippen molar-refractivity contribution in [3.05, 3.63) is 59.7 Å². The quantitative estimate of drug-likeness (QED) is 0.794. The highest BCUT2D eigenvalue weighted by atomic mass is 16.5. The predicted molar refractivity (Wildman–Crippen MR) is 76.5 cm³/mol. The third-order valence-corrected chi connectivity index (χ3v) is 3.22. The monoisotopic (exact) mass is 283 g/mol. The molecule has 5 heteroatoms. The number of carbonyl (C=O) groups is 1. The first kappa shape index (κ1) is 13.2. The molecule has 0 aliphatic heterocycles. The van der Waals surface area contributed by atoms with Crippen LogP contribution in [0.3, 0.4) is 0 Å². The molecule has 2 aromatic heterocycles. The average Bonchev–Trinajstić information content (AvgIpc) is 2.86. The topological polar surface area (TPSA) is 72.6 Å². The van der Waals surface area contributed by atoms with E-state index in [9.17, 15) is 4.79 Å². The van der Waals surface area contributed by atoms with Gasteiger partial charge in [0.1, 0.15) is 18.1 Å². The summed E-state index contributed by atoms with van der Waals surface area (Å²) in [7, 11) is 0. The van der Waals surface area contributed by atoms with Gasteiger partial charge in [0.25, 0.3) is 0 Å². The molecule has 0 fully saturated rings. The molecule has 5 nitrogen and oxygen atoms in total. The third-order valence-electron chi connectivity index (χ3n) is 3.22. The van der Waals surface area contributed by atoms with E-state index in [1.54, 1.807) is 13.1 Å². The molecule has 106 valence electrons. The van der Waals surface area contributed by atoms with Gasteiger partial charge in [-0.2, -0.15) is 0 Å². The molecule has 0 aliphatic carbocycles. The normalized spacial score (nSPS) is 10.7. The number of aryl methyl sites for hydroxylation is 1. The minimum Gasteiger partial charge on any atom is -0.488 e. The van der Waals surface area contributed by atoms with Gasteiger partial charge in [-0.1, -0.05) is 6.07 Å². The van der Waals surface area contributed by atoms with Crippen molar-refractivity contribution in [1.82, 2.24) is 4.98 Å². The maximum absolute atomic E-state index is 10.9. The van der Waals surface area contributed by atoms with Crippen LogP contribution in [0.5, 0.6) is 5.75 Å². The molecular weight excluding hydrogens is 270 g/mol. The zero-order valence-electron chi connectivity index (χ0n) is 11.4. The molecule has 3 aromatic rings. The van der Waals surface area contributed by atoms with Crippen molar-refractivity contribution >= 4 is 16.9 Å². The van der Waals surface area contributed by atoms with Gasteiger partial charge in [0.2, 0.25) is 5.76 Å². The Morgan fingerprint density at radius 2 is 2.19 bits per heavy atom. The van der Waals surface area contributed by atoms with Crippen LogP contribution in [-0.4, -0.2) is 16.1 Å². The Morgan fingerprint density at radius 1 is 1.33 bits per heavy atom. The van der Waals surface area contributed by atoms with Gasteiger partial charge in [-0.05, 0) is 37.3 Å². The summed E-state index contributed by atoms with van der Waals surface area (Å²) in [5, 5.41) is 9.82. The molecule has 0 saturated carbocycles. The second-order valence-corrected chi connectivity index (χ2v) is 4.61. The van der Waals surface area contributed by atoms with E-state index in [2.05, 4.69) is 4.98 Å². The predicted octanol–water partition coefficient (Wildman–Crippen LogP) is 3.41. The van der Waals surface area contributed by atoms with E-state index in [0.717, 1.165) is 10.9 Å². The maximum atomic E-state index is 10.9. The summed E-state index contributed by atoms with van der Waals surface area (Å²) >= 11 is 0. The molecule has 0 saturated heterocycles. The standard InChI is InChI=1S/C16H13NO4/c1-10-11(8-15(21-10)16(18)19)9-20-14-6-2-5-13-12(14)4-3-7-17-13/h2-8H,9H2,1H3,(H,18,19). The van der Waals surface area contributed by atoms with Crippen molar-refractivity contribution in [3.8, 4) is 5.75 Å². The highest BCUT2D eigenvalue weighted by Crippen LogP contribution is 2.25. The maximum Gasteiger partial charge on any atom is 0.371 e. The summed E-state index contributed by atoms with van der Waals surface area (Å²) in [6.07, 6.45) is 1.73. The third kappa shape index (κ3) is 2.58. The molecule has 1 N–H and O–H groups in total. The first-order valence-corrected chi connectivity index (χ1v) is 6.44. The van der Waals surface area contributed by atoms with Crippen molar-refractivity contribution in [2.75, 3.05) is 0 Å². The van der Waals surface area contributed by atoms with Gasteiger partial charge < -0.3 is 14.3 Å².